The van der Waals surface area contributed by atoms with Gasteiger partial charge in [0.05, 0.1) is 7.11 Å². The lowest BCUT2D eigenvalue weighted by molar-refractivity contribution is 0.0695. The van der Waals surface area contributed by atoms with Crippen molar-refractivity contribution in [2.45, 2.75) is 6.43 Å². The second kappa shape index (κ2) is 7.72. The molecule has 0 bridgehead atoms. The summed E-state index contributed by atoms with van der Waals surface area (Å²) in [4.78, 5) is 37.0. The SMILES string of the molecule is COc1cc(-c2c(C(=O)O)c(N)[nH]c(=O)c2C(=O)O)ccc1OCC(F)F. The zero-order valence-electron chi connectivity index (χ0n) is 13.8. The van der Waals surface area contributed by atoms with Crippen LogP contribution in [0.5, 0.6) is 11.5 Å². The predicted octanol–water partition coefficient (Wildman–Crippen LogP) is 1.67. The lowest BCUT2D eigenvalue weighted by atomic mass is 9.95. The number of carbonyl (C=O) groups is 2. The van der Waals surface area contributed by atoms with Gasteiger partial charge in [-0.2, -0.15) is 0 Å². The zero-order valence-corrected chi connectivity index (χ0v) is 13.8. The number of rotatable bonds is 7. The van der Waals surface area contributed by atoms with Gasteiger partial charge in [0.2, 0.25) is 0 Å². The average Bonchev–Trinajstić information content (AvgIpc) is 2.58. The van der Waals surface area contributed by atoms with E-state index in [9.17, 15) is 33.4 Å². The Labute approximate surface area is 150 Å². The number of nitrogens with two attached hydrogens (primary N) is 1. The third-order valence-electron chi connectivity index (χ3n) is 3.49. The molecule has 0 spiro atoms. The molecule has 0 saturated heterocycles. The Kier molecular flexibility index (Phi) is 5.63. The highest BCUT2D eigenvalue weighted by Gasteiger charge is 2.27. The summed E-state index contributed by atoms with van der Waals surface area (Å²) in [5.74, 6) is -3.93. The third-order valence-corrected chi connectivity index (χ3v) is 3.49. The maximum absolute atomic E-state index is 12.3. The van der Waals surface area contributed by atoms with Crippen molar-refractivity contribution in [3.63, 3.8) is 0 Å². The van der Waals surface area contributed by atoms with E-state index in [0.29, 0.717) is 0 Å². The molecule has 2 rings (SSSR count). The van der Waals surface area contributed by atoms with Crippen molar-refractivity contribution < 1.29 is 38.1 Å². The van der Waals surface area contributed by atoms with Crippen LogP contribution in [0.25, 0.3) is 11.1 Å². The van der Waals surface area contributed by atoms with Gasteiger partial charge < -0.3 is 30.4 Å². The van der Waals surface area contributed by atoms with E-state index in [1.807, 2.05) is 4.98 Å². The molecule has 1 aromatic heterocycles. The molecular weight excluding hydrogens is 370 g/mol. The van der Waals surface area contributed by atoms with E-state index in [1.165, 1.54) is 19.2 Å². The predicted molar refractivity (Wildman–Crippen MR) is 88.9 cm³/mol. The highest BCUT2D eigenvalue weighted by Crippen LogP contribution is 2.36. The van der Waals surface area contributed by atoms with E-state index in [1.54, 1.807) is 0 Å². The van der Waals surface area contributed by atoms with Crippen LogP contribution in [0, 0.1) is 0 Å². The van der Waals surface area contributed by atoms with Crippen LogP contribution < -0.4 is 20.8 Å². The number of hydrogen-bond donors (Lipinski definition) is 4. The molecule has 0 unspecified atom stereocenters. The van der Waals surface area contributed by atoms with Crippen LogP contribution in [0.4, 0.5) is 14.6 Å². The fraction of sp³-hybridized carbons (Fsp3) is 0.188. The van der Waals surface area contributed by atoms with Gasteiger partial charge in [-0.3, -0.25) is 4.79 Å². The quantitative estimate of drug-likeness (QED) is 0.562. The van der Waals surface area contributed by atoms with Gasteiger partial charge in [0.25, 0.3) is 12.0 Å². The Bertz CT molecular complexity index is 957. The first-order valence-corrected chi connectivity index (χ1v) is 7.29. The van der Waals surface area contributed by atoms with Gasteiger partial charge in [-0.25, -0.2) is 18.4 Å². The van der Waals surface area contributed by atoms with Crippen LogP contribution in [-0.2, 0) is 0 Å². The topological polar surface area (TPSA) is 152 Å². The molecule has 0 fully saturated rings. The van der Waals surface area contributed by atoms with Gasteiger partial charge in [-0.15, -0.1) is 0 Å². The molecule has 0 aliphatic heterocycles. The molecule has 11 heteroatoms. The first-order valence-electron chi connectivity index (χ1n) is 7.29. The maximum Gasteiger partial charge on any atom is 0.342 e. The van der Waals surface area contributed by atoms with E-state index in [-0.39, 0.29) is 17.1 Å². The largest absolute Gasteiger partial charge is 0.493 e. The van der Waals surface area contributed by atoms with Crippen LogP contribution >= 0.6 is 0 Å². The van der Waals surface area contributed by atoms with Crippen LogP contribution in [0.2, 0.25) is 0 Å². The Balaban J connectivity index is 2.75. The number of aromatic amines is 1. The number of ether oxygens (including phenoxy) is 2. The first-order chi connectivity index (χ1) is 12.7. The lowest BCUT2D eigenvalue weighted by Crippen LogP contribution is -2.24. The highest BCUT2D eigenvalue weighted by molar-refractivity contribution is 6.07. The minimum absolute atomic E-state index is 0.0381. The van der Waals surface area contributed by atoms with Crippen LogP contribution in [-0.4, -0.2) is 47.3 Å². The maximum atomic E-state index is 12.3. The molecular formula is C16H14F2N2O7. The Morgan fingerprint density at radius 3 is 2.33 bits per heavy atom. The fourth-order valence-electron chi connectivity index (χ4n) is 2.43. The normalized spacial score (nSPS) is 10.7. The number of anilines is 1. The summed E-state index contributed by atoms with van der Waals surface area (Å²) in [6, 6.07) is 3.55. The molecule has 0 radical (unpaired) electrons. The number of H-pyrrole nitrogens is 1. The zero-order chi connectivity index (χ0) is 20.3. The van der Waals surface area contributed by atoms with Crippen molar-refractivity contribution in [2.24, 2.45) is 0 Å². The lowest BCUT2D eigenvalue weighted by Gasteiger charge is -2.15. The first kappa shape index (κ1) is 19.7. The smallest absolute Gasteiger partial charge is 0.342 e. The monoisotopic (exact) mass is 384 g/mol. The third kappa shape index (κ3) is 3.97. The van der Waals surface area contributed by atoms with Crippen molar-refractivity contribution in [1.82, 2.24) is 4.98 Å². The molecule has 0 atom stereocenters. The number of carboxylic acids is 2. The van der Waals surface area contributed by atoms with Crippen LogP contribution in [0.15, 0.2) is 23.0 Å². The minimum Gasteiger partial charge on any atom is -0.493 e. The molecule has 144 valence electrons. The summed E-state index contributed by atoms with van der Waals surface area (Å²) in [6.45, 7) is -0.908. The summed E-state index contributed by atoms with van der Waals surface area (Å²) in [5, 5.41) is 18.7. The van der Waals surface area contributed by atoms with E-state index >= 15 is 0 Å². The second-order valence-electron chi connectivity index (χ2n) is 5.17. The van der Waals surface area contributed by atoms with Gasteiger partial charge >= 0.3 is 11.9 Å². The number of aromatic nitrogens is 1. The second-order valence-corrected chi connectivity index (χ2v) is 5.17. The van der Waals surface area contributed by atoms with Gasteiger partial charge in [0, 0.05) is 5.56 Å². The molecule has 1 heterocycles. The van der Waals surface area contributed by atoms with Crippen molar-refractivity contribution in [3.05, 3.63) is 39.7 Å². The molecule has 5 N–H and O–H groups in total. The van der Waals surface area contributed by atoms with Gasteiger partial charge in [0.1, 0.15) is 23.6 Å². The van der Waals surface area contributed by atoms with E-state index in [0.717, 1.165) is 6.07 Å². The van der Waals surface area contributed by atoms with Crippen LogP contribution in [0.3, 0.4) is 0 Å². The van der Waals surface area contributed by atoms with Crippen LogP contribution in [0.1, 0.15) is 20.7 Å². The summed E-state index contributed by atoms with van der Waals surface area (Å²) in [6.07, 6.45) is -2.74. The molecule has 0 amide bonds. The minimum atomic E-state index is -2.74. The molecule has 2 aromatic rings. The standard InChI is InChI=1S/C16H14F2N2O7/c1-26-8-4-6(2-3-7(8)27-5-9(17)18)10-11(15(22)23)13(19)20-14(21)12(10)16(24)25/h2-4,9H,5H2,1H3,(H,22,23)(H,24,25)(H3,19,20,21). The number of pyridine rings is 1. The summed E-state index contributed by atoms with van der Waals surface area (Å²) in [7, 11) is 1.21. The van der Waals surface area contributed by atoms with E-state index < -0.39 is 53.0 Å². The Hall–Kier alpha value is -3.63. The van der Waals surface area contributed by atoms with E-state index in [2.05, 4.69) is 0 Å². The number of halogens is 2. The van der Waals surface area contributed by atoms with Crippen molar-refractivity contribution >= 4 is 17.8 Å². The summed E-state index contributed by atoms with van der Waals surface area (Å²) in [5.41, 5.74) is 2.48. The molecule has 27 heavy (non-hydrogen) atoms. The summed E-state index contributed by atoms with van der Waals surface area (Å²) < 4.78 is 34.6. The fourth-order valence-corrected chi connectivity index (χ4v) is 2.43. The molecule has 1 aromatic carbocycles. The number of hydrogen-bond acceptors (Lipinski definition) is 6. The Morgan fingerprint density at radius 1 is 1.19 bits per heavy atom. The number of methoxy groups -OCH3 is 1. The van der Waals surface area contributed by atoms with Gasteiger partial charge in [0.15, 0.2) is 11.5 Å². The molecule has 0 aliphatic rings. The van der Waals surface area contributed by atoms with Crippen molar-refractivity contribution in [2.75, 3.05) is 19.5 Å². The highest BCUT2D eigenvalue weighted by atomic mass is 19.3. The number of aromatic carboxylic acids is 2. The van der Waals surface area contributed by atoms with E-state index in [4.69, 9.17) is 15.2 Å². The number of nitrogen functional groups attached to an aromatic ring is 1. The van der Waals surface area contributed by atoms with Gasteiger partial charge in [-0.1, -0.05) is 6.07 Å². The summed E-state index contributed by atoms with van der Waals surface area (Å²) >= 11 is 0. The number of nitrogens with one attached hydrogen (secondary N) is 1. The van der Waals surface area contributed by atoms with Crippen molar-refractivity contribution in [1.29, 1.82) is 0 Å². The number of carboxylic acid groups (broad SMARTS) is 2. The average molecular weight is 384 g/mol. The molecule has 9 nitrogen and oxygen atoms in total. The molecule has 0 aliphatic carbocycles. The number of benzene rings is 1. The number of alkyl halides is 2. The van der Waals surface area contributed by atoms with Crippen molar-refractivity contribution in [3.8, 4) is 22.6 Å². The Morgan fingerprint density at radius 2 is 1.81 bits per heavy atom. The molecule has 0 saturated carbocycles. The van der Waals surface area contributed by atoms with Gasteiger partial charge in [-0.05, 0) is 17.7 Å².